The van der Waals surface area contributed by atoms with Crippen LogP contribution in [0, 0.1) is 11.6 Å². The molecule has 2 aliphatic rings. The van der Waals surface area contributed by atoms with Gasteiger partial charge in [-0.2, -0.15) is 0 Å². The number of halogens is 2. The Hall–Kier alpha value is -4.23. The standard InChI is InChI=1S/C29H32F2N8O3/c1-2-17-11-32-29(33-12-17)37-7-5-19(6-8-37)38-14-23(31)25-26(34-16-35-27(25)38)36-24-4-3-18(9-22(24)30)28(42)39-13-21(41)10-20(39)15-40/h3-4,9,11-12,14,16,19-21,40-41H,2,5-8,10,13,15H2,1H3,(H,34,35,36)/t20-,21-/m1/s1. The molecule has 13 heteroatoms. The van der Waals surface area contributed by atoms with Gasteiger partial charge >= 0.3 is 0 Å². The Kier molecular flexibility index (Phi) is 7.69. The van der Waals surface area contributed by atoms with Crippen molar-refractivity contribution in [1.29, 1.82) is 0 Å². The lowest BCUT2D eigenvalue weighted by atomic mass is 10.1. The van der Waals surface area contributed by atoms with Gasteiger partial charge in [0.2, 0.25) is 5.95 Å². The molecule has 2 fully saturated rings. The molecule has 1 aromatic carbocycles. The Morgan fingerprint density at radius 3 is 2.55 bits per heavy atom. The number of piperidine rings is 1. The molecule has 11 nitrogen and oxygen atoms in total. The molecule has 0 aliphatic carbocycles. The van der Waals surface area contributed by atoms with Crippen molar-refractivity contribution in [2.75, 3.05) is 36.5 Å². The van der Waals surface area contributed by atoms with Crippen molar-refractivity contribution in [3.8, 4) is 0 Å². The number of amides is 1. The maximum atomic E-state index is 15.3. The smallest absolute Gasteiger partial charge is 0.254 e. The van der Waals surface area contributed by atoms with Crippen LogP contribution >= 0.6 is 0 Å². The van der Waals surface area contributed by atoms with Gasteiger partial charge in [0, 0.05) is 49.8 Å². The number of carbonyl (C=O) groups is 1. The molecule has 6 rings (SSSR count). The Balaban J connectivity index is 1.19. The quantitative estimate of drug-likeness (QED) is 0.302. The monoisotopic (exact) mass is 578 g/mol. The van der Waals surface area contributed by atoms with Gasteiger partial charge in [-0.15, -0.1) is 0 Å². The summed E-state index contributed by atoms with van der Waals surface area (Å²) >= 11 is 0. The number of aliphatic hydroxyl groups excluding tert-OH is 2. The van der Waals surface area contributed by atoms with Gasteiger partial charge in [0.05, 0.1) is 29.8 Å². The highest BCUT2D eigenvalue weighted by Crippen LogP contribution is 2.33. The maximum absolute atomic E-state index is 15.3. The van der Waals surface area contributed by atoms with Crippen molar-refractivity contribution >= 4 is 34.4 Å². The van der Waals surface area contributed by atoms with E-state index in [1.807, 2.05) is 17.0 Å². The molecule has 2 aliphatic heterocycles. The Morgan fingerprint density at radius 1 is 1.10 bits per heavy atom. The van der Waals surface area contributed by atoms with E-state index in [1.54, 1.807) is 0 Å². The van der Waals surface area contributed by atoms with Crippen LogP contribution in [-0.4, -0.2) is 83.9 Å². The number of aliphatic hydroxyl groups is 2. The van der Waals surface area contributed by atoms with E-state index in [4.69, 9.17) is 0 Å². The zero-order chi connectivity index (χ0) is 29.4. The molecule has 0 bridgehead atoms. The van der Waals surface area contributed by atoms with Gasteiger partial charge in [-0.1, -0.05) is 6.92 Å². The minimum absolute atomic E-state index is 0.000186. The second-order valence-corrected chi connectivity index (χ2v) is 10.8. The molecule has 0 spiro atoms. The molecule has 220 valence electrons. The molecular weight excluding hydrogens is 546 g/mol. The summed E-state index contributed by atoms with van der Waals surface area (Å²) in [6, 6.07) is 3.38. The first kappa shape index (κ1) is 27.9. The molecule has 1 amide bonds. The highest BCUT2D eigenvalue weighted by molar-refractivity contribution is 5.95. The number of carbonyl (C=O) groups excluding carboxylic acids is 1. The first-order valence-corrected chi connectivity index (χ1v) is 14.1. The zero-order valence-corrected chi connectivity index (χ0v) is 23.1. The lowest BCUT2D eigenvalue weighted by Crippen LogP contribution is -2.38. The molecule has 2 saturated heterocycles. The van der Waals surface area contributed by atoms with Crippen LogP contribution in [0.1, 0.15) is 48.1 Å². The van der Waals surface area contributed by atoms with Crippen LogP contribution in [0.5, 0.6) is 0 Å². The van der Waals surface area contributed by atoms with E-state index in [2.05, 4.69) is 37.1 Å². The van der Waals surface area contributed by atoms with Gasteiger partial charge in [-0.05, 0) is 49.4 Å². The summed E-state index contributed by atoms with van der Waals surface area (Å²) < 4.78 is 32.3. The van der Waals surface area contributed by atoms with Crippen molar-refractivity contribution in [3.05, 3.63) is 65.9 Å². The van der Waals surface area contributed by atoms with E-state index in [0.29, 0.717) is 24.7 Å². The number of hydrogen-bond donors (Lipinski definition) is 3. The number of aryl methyl sites for hydroxylation is 1. The summed E-state index contributed by atoms with van der Waals surface area (Å²) in [5.41, 5.74) is 1.58. The normalized spacial score (nSPS) is 19.5. The average Bonchev–Trinajstić information content (AvgIpc) is 3.57. The largest absolute Gasteiger partial charge is 0.394 e. The molecule has 0 unspecified atom stereocenters. The molecule has 4 aromatic rings. The van der Waals surface area contributed by atoms with Crippen LogP contribution in [0.2, 0.25) is 0 Å². The first-order chi connectivity index (χ1) is 20.4. The molecule has 2 atom stereocenters. The summed E-state index contributed by atoms with van der Waals surface area (Å²) in [4.78, 5) is 33.9. The van der Waals surface area contributed by atoms with Gasteiger partial charge in [0.25, 0.3) is 5.91 Å². The second kappa shape index (κ2) is 11.6. The van der Waals surface area contributed by atoms with Gasteiger partial charge in [0.1, 0.15) is 23.6 Å². The summed E-state index contributed by atoms with van der Waals surface area (Å²) in [6.45, 7) is 3.25. The van der Waals surface area contributed by atoms with Gasteiger partial charge in [-0.3, -0.25) is 4.79 Å². The predicted molar refractivity (Wildman–Crippen MR) is 152 cm³/mol. The number of benzene rings is 1. The number of hydrogen-bond acceptors (Lipinski definition) is 9. The Bertz CT molecular complexity index is 1590. The van der Waals surface area contributed by atoms with E-state index < -0.39 is 29.7 Å². The first-order valence-electron chi connectivity index (χ1n) is 14.1. The number of anilines is 3. The third-order valence-corrected chi connectivity index (χ3v) is 8.14. The molecular formula is C29H32F2N8O3. The number of β-amino-alcohol motifs (C(OH)–C–C–N with tert-alkyl or cyclic N) is 1. The lowest BCUT2D eigenvalue weighted by Gasteiger charge is -2.32. The number of nitrogens with zero attached hydrogens (tertiary/aromatic N) is 7. The fraction of sp³-hybridized carbons (Fsp3) is 0.414. The van der Waals surface area contributed by atoms with Crippen molar-refractivity contribution in [3.63, 3.8) is 0 Å². The minimum Gasteiger partial charge on any atom is -0.394 e. The number of likely N-dealkylation sites (tertiary alicyclic amines) is 1. The van der Waals surface area contributed by atoms with Crippen LogP contribution in [0.25, 0.3) is 11.0 Å². The number of aromatic nitrogens is 5. The van der Waals surface area contributed by atoms with E-state index in [0.717, 1.165) is 30.9 Å². The van der Waals surface area contributed by atoms with Crippen LogP contribution in [0.3, 0.4) is 0 Å². The predicted octanol–water partition coefficient (Wildman–Crippen LogP) is 3.21. The topological polar surface area (TPSA) is 133 Å². The highest BCUT2D eigenvalue weighted by atomic mass is 19.1. The number of rotatable bonds is 7. The van der Waals surface area contributed by atoms with Gasteiger partial charge in [-0.25, -0.2) is 28.7 Å². The summed E-state index contributed by atoms with van der Waals surface area (Å²) in [7, 11) is 0. The summed E-state index contributed by atoms with van der Waals surface area (Å²) in [6.07, 6.45) is 8.29. The van der Waals surface area contributed by atoms with E-state index in [9.17, 15) is 15.0 Å². The number of nitrogens with one attached hydrogen (secondary N) is 1. The highest BCUT2D eigenvalue weighted by Gasteiger charge is 2.34. The van der Waals surface area contributed by atoms with Crippen molar-refractivity contribution in [1.82, 2.24) is 29.4 Å². The molecule has 42 heavy (non-hydrogen) atoms. The van der Waals surface area contributed by atoms with Gasteiger partial charge < -0.3 is 29.9 Å². The van der Waals surface area contributed by atoms with E-state index in [1.165, 1.54) is 29.6 Å². The zero-order valence-electron chi connectivity index (χ0n) is 23.1. The third-order valence-electron chi connectivity index (χ3n) is 8.14. The van der Waals surface area contributed by atoms with Gasteiger partial charge in [0.15, 0.2) is 5.82 Å². The lowest BCUT2D eigenvalue weighted by molar-refractivity contribution is 0.0664. The van der Waals surface area contributed by atoms with Crippen molar-refractivity contribution in [2.45, 2.75) is 50.8 Å². The number of fused-ring (bicyclic) bond motifs is 1. The van der Waals surface area contributed by atoms with E-state index in [-0.39, 0.29) is 48.1 Å². The second-order valence-electron chi connectivity index (χ2n) is 10.8. The van der Waals surface area contributed by atoms with E-state index >= 15 is 8.78 Å². The molecule has 3 aromatic heterocycles. The van der Waals surface area contributed by atoms with Crippen LogP contribution in [-0.2, 0) is 6.42 Å². The Morgan fingerprint density at radius 2 is 1.86 bits per heavy atom. The molecule has 3 N–H and O–H groups in total. The minimum atomic E-state index is -0.737. The SMILES string of the molecule is CCc1cnc(N2CCC(n3cc(F)c4c(Nc5ccc(C(=O)N6C[C@H](O)C[C@@H]6CO)cc5F)ncnc43)CC2)nc1. The molecule has 0 saturated carbocycles. The van der Waals surface area contributed by atoms with Crippen LogP contribution in [0.4, 0.5) is 26.2 Å². The van der Waals surface area contributed by atoms with Crippen LogP contribution in [0.15, 0.2) is 43.1 Å². The molecule has 5 heterocycles. The fourth-order valence-corrected chi connectivity index (χ4v) is 5.81. The summed E-state index contributed by atoms with van der Waals surface area (Å²) in [5, 5.41) is 22.4. The maximum Gasteiger partial charge on any atom is 0.254 e. The Labute approximate surface area is 240 Å². The summed E-state index contributed by atoms with van der Waals surface area (Å²) in [5.74, 6) is -0.944. The van der Waals surface area contributed by atoms with Crippen molar-refractivity contribution < 1.29 is 23.8 Å². The third kappa shape index (κ3) is 5.25. The van der Waals surface area contributed by atoms with Crippen LogP contribution < -0.4 is 10.2 Å². The molecule has 0 radical (unpaired) electrons. The average molecular weight is 579 g/mol. The van der Waals surface area contributed by atoms with Crippen molar-refractivity contribution in [2.24, 2.45) is 0 Å². The fourth-order valence-electron chi connectivity index (χ4n) is 5.81.